The first-order valence-electron chi connectivity index (χ1n) is 6.63. The van der Waals surface area contributed by atoms with E-state index in [1.165, 1.54) is 0 Å². The summed E-state index contributed by atoms with van der Waals surface area (Å²) in [5.74, 6) is 0.928. The molecule has 0 radical (unpaired) electrons. The summed E-state index contributed by atoms with van der Waals surface area (Å²) in [7, 11) is 1.64. The zero-order chi connectivity index (χ0) is 15.1. The summed E-state index contributed by atoms with van der Waals surface area (Å²) in [5.41, 5.74) is 0.784. The van der Waals surface area contributed by atoms with Gasteiger partial charge in [0.1, 0.15) is 0 Å². The highest BCUT2D eigenvalue weighted by Crippen LogP contribution is 2.21. The van der Waals surface area contributed by atoms with Gasteiger partial charge in [0.05, 0.1) is 19.8 Å². The van der Waals surface area contributed by atoms with E-state index in [1.54, 1.807) is 19.2 Å². The van der Waals surface area contributed by atoms with Crippen LogP contribution in [0.3, 0.4) is 0 Å². The molecule has 1 aromatic heterocycles. The SMILES string of the molecule is COCCN(CCO)Cc1nnc(-c2cccc(Cl)c2)o1. The van der Waals surface area contributed by atoms with Crippen molar-refractivity contribution in [2.45, 2.75) is 6.54 Å². The highest BCUT2D eigenvalue weighted by atomic mass is 35.5. The Bertz CT molecular complexity index is 562. The fourth-order valence-electron chi connectivity index (χ4n) is 1.88. The average molecular weight is 312 g/mol. The molecule has 0 saturated carbocycles. The van der Waals surface area contributed by atoms with Gasteiger partial charge >= 0.3 is 0 Å². The maximum absolute atomic E-state index is 9.06. The largest absolute Gasteiger partial charge is 0.419 e. The third-order valence-corrected chi connectivity index (χ3v) is 3.16. The van der Waals surface area contributed by atoms with Crippen molar-refractivity contribution in [1.82, 2.24) is 15.1 Å². The lowest BCUT2D eigenvalue weighted by molar-refractivity contribution is 0.121. The quantitative estimate of drug-likeness (QED) is 0.802. The number of aromatic nitrogens is 2. The minimum Gasteiger partial charge on any atom is -0.419 e. The van der Waals surface area contributed by atoms with Gasteiger partial charge in [-0.15, -0.1) is 10.2 Å². The Morgan fingerprint density at radius 2 is 2.19 bits per heavy atom. The number of benzene rings is 1. The van der Waals surface area contributed by atoms with Crippen molar-refractivity contribution in [3.63, 3.8) is 0 Å². The number of hydrogen-bond acceptors (Lipinski definition) is 6. The van der Waals surface area contributed by atoms with Crippen molar-refractivity contribution in [2.75, 3.05) is 33.4 Å². The molecule has 0 fully saturated rings. The number of aliphatic hydroxyl groups excluding tert-OH is 1. The first kappa shape index (κ1) is 15.9. The summed E-state index contributed by atoms with van der Waals surface area (Å²) >= 11 is 5.94. The second-order valence-electron chi connectivity index (χ2n) is 4.50. The summed E-state index contributed by atoms with van der Waals surface area (Å²) in [6.45, 7) is 2.33. The summed E-state index contributed by atoms with van der Waals surface area (Å²) in [4.78, 5) is 1.98. The van der Waals surface area contributed by atoms with E-state index in [9.17, 15) is 0 Å². The molecule has 1 aromatic carbocycles. The van der Waals surface area contributed by atoms with Gasteiger partial charge in [0, 0.05) is 30.8 Å². The zero-order valence-electron chi connectivity index (χ0n) is 11.8. The lowest BCUT2D eigenvalue weighted by atomic mass is 10.2. The number of rotatable bonds is 8. The number of methoxy groups -OCH3 is 1. The Balaban J connectivity index is 2.04. The van der Waals surface area contributed by atoms with Gasteiger partial charge in [-0.25, -0.2) is 0 Å². The predicted octanol–water partition coefficient (Wildman–Crippen LogP) is 1.83. The van der Waals surface area contributed by atoms with Gasteiger partial charge in [-0.05, 0) is 18.2 Å². The van der Waals surface area contributed by atoms with Gasteiger partial charge in [0.2, 0.25) is 11.8 Å². The molecule has 0 bridgehead atoms. The van der Waals surface area contributed by atoms with E-state index in [2.05, 4.69) is 10.2 Å². The minimum absolute atomic E-state index is 0.0685. The van der Waals surface area contributed by atoms with E-state index >= 15 is 0 Å². The van der Waals surface area contributed by atoms with E-state index in [0.29, 0.717) is 43.0 Å². The van der Waals surface area contributed by atoms with E-state index in [-0.39, 0.29) is 6.61 Å². The molecule has 2 aromatic rings. The third-order valence-electron chi connectivity index (χ3n) is 2.93. The molecule has 1 N–H and O–H groups in total. The number of nitrogens with zero attached hydrogens (tertiary/aromatic N) is 3. The molecular formula is C14H18ClN3O3. The van der Waals surface area contributed by atoms with Crippen molar-refractivity contribution >= 4 is 11.6 Å². The van der Waals surface area contributed by atoms with Crippen LogP contribution in [-0.2, 0) is 11.3 Å². The highest BCUT2D eigenvalue weighted by Gasteiger charge is 2.12. The molecule has 114 valence electrons. The molecular weight excluding hydrogens is 294 g/mol. The summed E-state index contributed by atoms with van der Waals surface area (Å²) in [5, 5.41) is 17.7. The van der Waals surface area contributed by atoms with Crippen LogP contribution >= 0.6 is 11.6 Å². The first-order valence-corrected chi connectivity index (χ1v) is 7.01. The maximum atomic E-state index is 9.06. The Hall–Kier alpha value is -1.47. The summed E-state index contributed by atoms with van der Waals surface area (Å²) in [6.07, 6.45) is 0. The number of aliphatic hydroxyl groups is 1. The van der Waals surface area contributed by atoms with E-state index in [0.717, 1.165) is 5.56 Å². The standard InChI is InChI=1S/C14H18ClN3O3/c1-20-8-6-18(5-7-19)10-13-16-17-14(21-13)11-3-2-4-12(15)9-11/h2-4,9,19H,5-8,10H2,1H3. The first-order chi connectivity index (χ1) is 10.2. The Kier molecular flexibility index (Phi) is 6.13. The van der Waals surface area contributed by atoms with Crippen molar-refractivity contribution < 1.29 is 14.3 Å². The van der Waals surface area contributed by atoms with Crippen LogP contribution in [0.1, 0.15) is 5.89 Å². The van der Waals surface area contributed by atoms with Gasteiger partial charge in [0.25, 0.3) is 0 Å². The average Bonchev–Trinajstić information content (AvgIpc) is 2.93. The normalized spacial score (nSPS) is 11.2. The molecule has 2 rings (SSSR count). The van der Waals surface area contributed by atoms with Crippen LogP contribution in [0, 0.1) is 0 Å². The molecule has 7 heteroatoms. The summed E-state index contributed by atoms with van der Waals surface area (Å²) in [6, 6.07) is 7.25. The molecule has 0 saturated heterocycles. The van der Waals surface area contributed by atoms with Crippen molar-refractivity contribution in [1.29, 1.82) is 0 Å². The fraction of sp³-hybridized carbons (Fsp3) is 0.429. The van der Waals surface area contributed by atoms with Crippen LogP contribution in [0.2, 0.25) is 5.02 Å². The van der Waals surface area contributed by atoms with Gasteiger partial charge < -0.3 is 14.3 Å². The maximum Gasteiger partial charge on any atom is 0.247 e. The molecule has 0 unspecified atom stereocenters. The van der Waals surface area contributed by atoms with Crippen molar-refractivity contribution in [3.8, 4) is 11.5 Å². The van der Waals surface area contributed by atoms with Gasteiger partial charge in [0.15, 0.2) is 0 Å². The molecule has 0 spiro atoms. The van der Waals surface area contributed by atoms with E-state index < -0.39 is 0 Å². The Morgan fingerprint density at radius 3 is 2.90 bits per heavy atom. The number of halogens is 1. The smallest absolute Gasteiger partial charge is 0.247 e. The highest BCUT2D eigenvalue weighted by molar-refractivity contribution is 6.30. The molecule has 0 atom stereocenters. The Morgan fingerprint density at radius 1 is 1.33 bits per heavy atom. The lowest BCUT2D eigenvalue weighted by Crippen LogP contribution is -2.30. The van der Waals surface area contributed by atoms with E-state index in [1.807, 2.05) is 17.0 Å². The second kappa shape index (κ2) is 8.09. The van der Waals surface area contributed by atoms with Crippen molar-refractivity contribution in [3.05, 3.63) is 35.2 Å². The molecule has 0 aliphatic heterocycles. The second-order valence-corrected chi connectivity index (χ2v) is 4.94. The molecule has 0 amide bonds. The number of ether oxygens (including phenoxy) is 1. The summed E-state index contributed by atoms with van der Waals surface area (Å²) < 4.78 is 10.7. The predicted molar refractivity (Wildman–Crippen MR) is 79.0 cm³/mol. The van der Waals surface area contributed by atoms with Crippen LogP contribution in [0.5, 0.6) is 0 Å². The van der Waals surface area contributed by atoms with Crippen LogP contribution in [0.25, 0.3) is 11.5 Å². The van der Waals surface area contributed by atoms with Gasteiger partial charge in [-0.3, -0.25) is 4.90 Å². The van der Waals surface area contributed by atoms with Crippen LogP contribution in [-0.4, -0.2) is 53.6 Å². The number of hydrogen-bond donors (Lipinski definition) is 1. The van der Waals surface area contributed by atoms with Gasteiger partial charge in [-0.1, -0.05) is 17.7 Å². The van der Waals surface area contributed by atoms with Crippen molar-refractivity contribution in [2.24, 2.45) is 0 Å². The third kappa shape index (κ3) is 4.78. The molecule has 1 heterocycles. The molecule has 6 nitrogen and oxygen atoms in total. The van der Waals surface area contributed by atoms with Gasteiger partial charge in [-0.2, -0.15) is 0 Å². The van der Waals surface area contributed by atoms with Crippen LogP contribution in [0.15, 0.2) is 28.7 Å². The van der Waals surface area contributed by atoms with E-state index in [4.69, 9.17) is 25.9 Å². The zero-order valence-corrected chi connectivity index (χ0v) is 12.6. The minimum atomic E-state index is 0.0685. The monoisotopic (exact) mass is 311 g/mol. The Labute approximate surface area is 128 Å². The van der Waals surface area contributed by atoms with Crippen LogP contribution < -0.4 is 0 Å². The molecule has 0 aliphatic rings. The fourth-order valence-corrected chi connectivity index (χ4v) is 2.07. The molecule has 21 heavy (non-hydrogen) atoms. The lowest BCUT2D eigenvalue weighted by Gasteiger charge is -2.18. The van der Waals surface area contributed by atoms with Crippen LogP contribution in [0.4, 0.5) is 0 Å². The molecule has 0 aliphatic carbocycles. The topological polar surface area (TPSA) is 71.6 Å².